The topological polar surface area (TPSA) is 40.5 Å². The normalized spacial score (nSPS) is 9.00. The summed E-state index contributed by atoms with van der Waals surface area (Å²) < 4.78 is 0. The van der Waals surface area contributed by atoms with E-state index in [4.69, 9.17) is 9.59 Å². The van der Waals surface area contributed by atoms with Crippen molar-refractivity contribution in [2.24, 2.45) is 0 Å². The quantitative estimate of drug-likeness (QED) is 0.299. The lowest BCUT2D eigenvalue weighted by Crippen LogP contribution is -1.96. The Morgan fingerprint density at radius 2 is 1.50 bits per heavy atom. The minimum absolute atomic E-state index is 2.67. The van der Waals surface area contributed by atoms with Crippen molar-refractivity contribution in [1.82, 2.24) is 0 Å². The lowest BCUT2D eigenvalue weighted by molar-refractivity contribution is 0.435. The molecule has 0 unspecified atom stereocenters. The van der Waals surface area contributed by atoms with Gasteiger partial charge in [0.25, 0.3) is 0 Å². The van der Waals surface area contributed by atoms with Gasteiger partial charge in [-0.1, -0.05) is 0 Å². The number of halogens is 1. The molecule has 0 saturated heterocycles. The van der Waals surface area contributed by atoms with Crippen molar-refractivity contribution in [3.63, 3.8) is 0 Å². The van der Waals surface area contributed by atoms with Gasteiger partial charge in [0.1, 0.15) is 0 Å². The van der Waals surface area contributed by atoms with Crippen LogP contribution in [0.2, 0.25) is 0 Å². The van der Waals surface area contributed by atoms with Crippen LogP contribution >= 0.6 is 11.1 Å². The summed E-state index contributed by atoms with van der Waals surface area (Å²) in [4.78, 5) is 15.0. The molecule has 0 fully saturated rings. The maximum absolute atomic E-state index is 7.52. The van der Waals surface area contributed by atoms with Crippen LogP contribution in [0.25, 0.3) is 0 Å². The number of hydrogen-bond donors (Lipinski definition) is 2. The zero-order valence-corrected chi connectivity index (χ0v) is 3.76. The Hall–Kier alpha value is 0.427. The minimum Gasteiger partial charge on any atom is -0.402 e. The molecule has 0 aromatic rings. The summed E-state index contributed by atoms with van der Waals surface area (Å²) in [7, 11) is -2.67. The molecule has 4 heteroatoms. The molecule has 0 heterocycles. The van der Waals surface area contributed by atoms with E-state index in [-0.39, 0.29) is 0 Å². The molecule has 2 nitrogen and oxygen atoms in total. The summed E-state index contributed by atoms with van der Waals surface area (Å²) in [5.41, 5.74) is 0. The molecule has 0 radical (unpaired) electrons. The Balaban J connectivity index is 2.32. The zero-order chi connectivity index (χ0) is 3.58. The molecule has 0 rings (SSSR count). The van der Waals surface area contributed by atoms with Gasteiger partial charge in [-0.2, -0.15) is 0 Å². The van der Waals surface area contributed by atoms with E-state index in [1.807, 2.05) is 0 Å². The smallest absolute Gasteiger partial charge is 0.402 e. The molecule has 2 N–H and O–H groups in total. The Morgan fingerprint density at radius 3 is 1.50 bits per heavy atom. The highest BCUT2D eigenvalue weighted by Gasteiger charge is 1.83. The number of rotatable bonds is 0. The summed E-state index contributed by atoms with van der Waals surface area (Å²) in [6, 6.07) is 0. The van der Waals surface area contributed by atoms with Crippen LogP contribution in [-0.4, -0.2) is 18.2 Å². The first-order chi connectivity index (χ1) is 1.73. The Bertz CT molecular complexity index is 10.8. The zero-order valence-electron chi connectivity index (χ0n) is 1.85. The van der Waals surface area contributed by atoms with Crippen molar-refractivity contribution in [3.05, 3.63) is 0 Å². The lowest BCUT2D eigenvalue weighted by Gasteiger charge is -1.72. The first kappa shape index (κ1) is 4.43. The van der Waals surface area contributed by atoms with Crippen LogP contribution in [0, 0.1) is 0 Å². The van der Waals surface area contributed by atoms with E-state index < -0.39 is 8.59 Å². The molecule has 0 spiro atoms. The van der Waals surface area contributed by atoms with Gasteiger partial charge in [0.05, 0.1) is 0 Å². The summed E-state index contributed by atoms with van der Waals surface area (Å²) in [5.74, 6) is 0. The van der Waals surface area contributed by atoms with Crippen molar-refractivity contribution in [2.45, 2.75) is 0 Å². The summed E-state index contributed by atoms with van der Waals surface area (Å²) in [6.07, 6.45) is 0. The number of hydrogen-bond acceptors (Lipinski definition) is 2. The third-order valence-corrected chi connectivity index (χ3v) is 0. The minimum atomic E-state index is -2.67. The average Bonchev–Trinajstić information content (AvgIpc) is 0.811. The maximum Gasteiger partial charge on any atom is 0.421 e. The Kier molecular flexibility index (Phi) is 1.90. The molecule has 0 bridgehead atoms. The summed E-state index contributed by atoms with van der Waals surface area (Å²) in [6.45, 7) is 0. The van der Waals surface area contributed by atoms with E-state index in [9.17, 15) is 0 Å². The van der Waals surface area contributed by atoms with Gasteiger partial charge in [-0.05, 0) is 0 Å². The highest BCUT2D eigenvalue weighted by atomic mass is 35.6. The Labute approximate surface area is 30.2 Å². The van der Waals surface area contributed by atoms with Crippen molar-refractivity contribution < 1.29 is 9.59 Å². The van der Waals surface area contributed by atoms with Gasteiger partial charge < -0.3 is 9.59 Å². The predicted molar refractivity (Wildman–Crippen MR) is 17.4 cm³/mol. The second kappa shape index (κ2) is 1.72. The monoisotopic (exact) mass is 98.0 g/mol. The SMILES string of the molecule is O[SiH](O)Cl. The predicted octanol–water partition coefficient (Wildman–Crippen LogP) is -1.07. The van der Waals surface area contributed by atoms with E-state index in [1.165, 1.54) is 0 Å². The van der Waals surface area contributed by atoms with E-state index in [0.29, 0.717) is 0 Å². The molecule has 0 amide bonds. The largest absolute Gasteiger partial charge is 0.421 e. The van der Waals surface area contributed by atoms with Crippen LogP contribution in [0.1, 0.15) is 0 Å². The fourth-order valence-corrected chi connectivity index (χ4v) is 0. The van der Waals surface area contributed by atoms with Crippen LogP contribution in [0.3, 0.4) is 0 Å². The highest BCUT2D eigenvalue weighted by molar-refractivity contribution is 6.97. The lowest BCUT2D eigenvalue weighted by atomic mass is 15.8. The maximum atomic E-state index is 7.52. The standard InChI is InChI=1S/ClH3O2Si/c1-4(2)3/h2-4H. The van der Waals surface area contributed by atoms with E-state index in [1.54, 1.807) is 0 Å². The first-order valence-electron chi connectivity index (χ1n) is 0.735. The van der Waals surface area contributed by atoms with E-state index in [0.717, 1.165) is 0 Å². The fraction of sp³-hybridized carbons (Fsp3) is 0. The van der Waals surface area contributed by atoms with Gasteiger partial charge in [0, 0.05) is 0 Å². The first-order valence-corrected chi connectivity index (χ1v) is 3.51. The van der Waals surface area contributed by atoms with Crippen molar-refractivity contribution in [3.8, 4) is 0 Å². The van der Waals surface area contributed by atoms with Gasteiger partial charge in [0.15, 0.2) is 0 Å². The molecule has 26 valence electrons. The van der Waals surface area contributed by atoms with E-state index in [2.05, 4.69) is 11.1 Å². The van der Waals surface area contributed by atoms with Crippen LogP contribution in [0.4, 0.5) is 0 Å². The molecular formula is H3ClO2Si. The molecule has 0 aromatic carbocycles. The van der Waals surface area contributed by atoms with Gasteiger partial charge in [-0.25, -0.2) is 0 Å². The summed E-state index contributed by atoms with van der Waals surface area (Å²) in [5, 5.41) is 0. The Morgan fingerprint density at radius 1 is 1.50 bits per heavy atom. The third kappa shape index (κ3) is 27.1. The van der Waals surface area contributed by atoms with Gasteiger partial charge in [0.2, 0.25) is 0 Å². The van der Waals surface area contributed by atoms with Gasteiger partial charge in [-0.3, -0.25) is 0 Å². The van der Waals surface area contributed by atoms with Crippen LogP contribution in [-0.2, 0) is 0 Å². The van der Waals surface area contributed by atoms with Crippen molar-refractivity contribution in [2.75, 3.05) is 0 Å². The average molecular weight is 98.6 g/mol. The summed E-state index contributed by atoms with van der Waals surface area (Å²) >= 11 is 4.52. The van der Waals surface area contributed by atoms with E-state index >= 15 is 0 Å². The van der Waals surface area contributed by atoms with Gasteiger partial charge >= 0.3 is 8.59 Å². The highest BCUT2D eigenvalue weighted by Crippen LogP contribution is 1.67. The van der Waals surface area contributed by atoms with Crippen LogP contribution in [0.15, 0.2) is 0 Å². The molecular weight excluding hydrogens is 95.5 g/mol. The molecule has 0 aliphatic carbocycles. The molecule has 0 aliphatic heterocycles. The molecule has 0 atom stereocenters. The third-order valence-electron chi connectivity index (χ3n) is 0. The molecule has 0 aromatic heterocycles. The van der Waals surface area contributed by atoms with Crippen LogP contribution < -0.4 is 0 Å². The second-order valence-electron chi connectivity index (χ2n) is 0.311. The molecule has 4 heavy (non-hydrogen) atoms. The molecule has 0 aliphatic rings. The van der Waals surface area contributed by atoms with Gasteiger partial charge in [-0.15, -0.1) is 11.1 Å². The van der Waals surface area contributed by atoms with Crippen LogP contribution in [0.5, 0.6) is 0 Å². The molecule has 0 saturated carbocycles. The second-order valence-corrected chi connectivity index (χ2v) is 2.10. The fourth-order valence-electron chi connectivity index (χ4n) is 0. The van der Waals surface area contributed by atoms with Crippen molar-refractivity contribution >= 4 is 19.7 Å². The van der Waals surface area contributed by atoms with Crippen molar-refractivity contribution in [1.29, 1.82) is 0 Å².